The Bertz CT molecular complexity index is 759. The third kappa shape index (κ3) is 3.21. The van der Waals surface area contributed by atoms with E-state index in [4.69, 9.17) is 14.0 Å². The van der Waals surface area contributed by atoms with Gasteiger partial charge < -0.3 is 18.9 Å². The highest BCUT2D eigenvalue weighted by Gasteiger charge is 2.44. The van der Waals surface area contributed by atoms with Crippen LogP contribution in [0, 0.1) is 13.8 Å². The maximum absolute atomic E-state index is 12.8. The summed E-state index contributed by atoms with van der Waals surface area (Å²) in [5, 5.41) is 3.89. The van der Waals surface area contributed by atoms with Crippen molar-refractivity contribution >= 4 is 5.91 Å². The van der Waals surface area contributed by atoms with E-state index in [1.54, 1.807) is 13.8 Å². The van der Waals surface area contributed by atoms with Gasteiger partial charge in [0.15, 0.2) is 0 Å². The minimum Gasteiger partial charge on any atom is -0.488 e. The van der Waals surface area contributed by atoms with E-state index in [0.29, 0.717) is 36.7 Å². The molecule has 1 spiro atoms. The molecule has 1 aromatic heterocycles. The molecule has 0 saturated carbocycles. The summed E-state index contributed by atoms with van der Waals surface area (Å²) in [6, 6.07) is 9.86. The fraction of sp³-hybridized carbons (Fsp3) is 0.500. The molecule has 1 unspecified atom stereocenters. The van der Waals surface area contributed by atoms with Crippen LogP contribution in [0.3, 0.4) is 0 Å². The second-order valence-electron chi connectivity index (χ2n) is 7.24. The number of hydrogen-bond acceptors (Lipinski definition) is 5. The Labute approximate surface area is 153 Å². The number of aromatic nitrogens is 1. The topological polar surface area (TPSA) is 64.8 Å². The van der Waals surface area contributed by atoms with Crippen LogP contribution < -0.4 is 4.74 Å². The van der Waals surface area contributed by atoms with Crippen molar-refractivity contribution in [2.45, 2.75) is 44.8 Å². The van der Waals surface area contributed by atoms with Crippen molar-refractivity contribution in [2.24, 2.45) is 0 Å². The second-order valence-corrected chi connectivity index (χ2v) is 7.24. The van der Waals surface area contributed by atoms with Crippen molar-refractivity contribution in [3.05, 3.63) is 47.3 Å². The number of carbonyl (C=O) groups is 1. The van der Waals surface area contributed by atoms with Gasteiger partial charge >= 0.3 is 0 Å². The molecule has 0 N–H and O–H groups in total. The SMILES string of the molecule is Cc1noc(C)c1C(=O)N1CCC2(CC1)CC(Oc1ccccc1)CO2. The van der Waals surface area contributed by atoms with Crippen molar-refractivity contribution in [2.75, 3.05) is 19.7 Å². The molecular formula is C20H24N2O4. The molecule has 2 aromatic rings. The lowest BCUT2D eigenvalue weighted by atomic mass is 9.87. The van der Waals surface area contributed by atoms with Gasteiger partial charge in [-0.15, -0.1) is 0 Å². The van der Waals surface area contributed by atoms with Crippen molar-refractivity contribution < 1.29 is 18.8 Å². The molecular weight excluding hydrogens is 332 g/mol. The maximum Gasteiger partial charge on any atom is 0.259 e. The number of para-hydroxylation sites is 1. The number of likely N-dealkylation sites (tertiary alicyclic amines) is 1. The fourth-order valence-electron chi connectivity index (χ4n) is 3.98. The summed E-state index contributed by atoms with van der Waals surface area (Å²) in [7, 11) is 0. The molecule has 2 fully saturated rings. The molecule has 0 radical (unpaired) electrons. The fourth-order valence-corrected chi connectivity index (χ4v) is 3.98. The largest absolute Gasteiger partial charge is 0.488 e. The first-order valence-electron chi connectivity index (χ1n) is 9.14. The zero-order valence-electron chi connectivity index (χ0n) is 15.2. The Balaban J connectivity index is 1.36. The first-order valence-corrected chi connectivity index (χ1v) is 9.14. The van der Waals surface area contributed by atoms with Crippen LogP contribution in [0.15, 0.2) is 34.9 Å². The number of aryl methyl sites for hydroxylation is 2. The quantitative estimate of drug-likeness (QED) is 0.845. The van der Waals surface area contributed by atoms with Crippen molar-refractivity contribution in [3.63, 3.8) is 0 Å². The lowest BCUT2D eigenvalue weighted by Gasteiger charge is -2.38. The Hall–Kier alpha value is -2.34. The summed E-state index contributed by atoms with van der Waals surface area (Å²) >= 11 is 0. The van der Waals surface area contributed by atoms with Crippen molar-refractivity contribution in [1.29, 1.82) is 0 Å². The monoisotopic (exact) mass is 356 g/mol. The number of ether oxygens (including phenoxy) is 2. The van der Waals surface area contributed by atoms with Gasteiger partial charge in [-0.05, 0) is 38.8 Å². The van der Waals surface area contributed by atoms with Crippen LogP contribution in [0.2, 0.25) is 0 Å². The first kappa shape index (κ1) is 17.1. The van der Waals surface area contributed by atoms with Crippen LogP contribution in [0.1, 0.15) is 41.1 Å². The maximum atomic E-state index is 12.8. The summed E-state index contributed by atoms with van der Waals surface area (Å²) in [5.41, 5.74) is 1.08. The third-order valence-electron chi connectivity index (χ3n) is 5.43. The second kappa shape index (κ2) is 6.76. The van der Waals surface area contributed by atoms with Gasteiger partial charge in [-0.3, -0.25) is 4.79 Å². The van der Waals surface area contributed by atoms with Crippen LogP contribution in [0.4, 0.5) is 0 Å². The standard InChI is InChI=1S/C20H24N2O4/c1-14-18(15(2)26-21-14)19(23)22-10-8-20(9-11-22)12-17(13-24-20)25-16-6-4-3-5-7-16/h3-7,17H,8-13H2,1-2H3. The number of rotatable bonds is 3. The summed E-state index contributed by atoms with van der Waals surface area (Å²) in [5.74, 6) is 1.47. The average molecular weight is 356 g/mol. The van der Waals surface area contributed by atoms with Crippen LogP contribution in [0.5, 0.6) is 5.75 Å². The smallest absolute Gasteiger partial charge is 0.259 e. The predicted octanol–water partition coefficient (Wildman–Crippen LogP) is 3.13. The molecule has 4 rings (SSSR count). The highest BCUT2D eigenvalue weighted by molar-refractivity contribution is 5.96. The van der Waals surface area contributed by atoms with E-state index in [-0.39, 0.29) is 17.6 Å². The lowest BCUT2D eigenvalue weighted by molar-refractivity contribution is -0.0396. The van der Waals surface area contributed by atoms with Crippen molar-refractivity contribution in [1.82, 2.24) is 10.1 Å². The van der Waals surface area contributed by atoms with Gasteiger partial charge in [0.2, 0.25) is 0 Å². The summed E-state index contributed by atoms with van der Waals surface area (Å²) in [4.78, 5) is 14.7. The zero-order chi connectivity index (χ0) is 18.1. The molecule has 1 aromatic carbocycles. The van der Waals surface area contributed by atoms with E-state index in [0.717, 1.165) is 25.0 Å². The summed E-state index contributed by atoms with van der Waals surface area (Å²) in [6.07, 6.45) is 2.60. The van der Waals surface area contributed by atoms with E-state index in [1.807, 2.05) is 35.2 Å². The van der Waals surface area contributed by atoms with Crippen molar-refractivity contribution in [3.8, 4) is 5.75 Å². The molecule has 138 valence electrons. The lowest BCUT2D eigenvalue weighted by Crippen LogP contribution is -2.46. The van der Waals surface area contributed by atoms with E-state index in [9.17, 15) is 4.79 Å². The summed E-state index contributed by atoms with van der Waals surface area (Å²) < 4.78 is 17.3. The normalized spacial score (nSPS) is 21.9. The van der Waals surface area contributed by atoms with E-state index < -0.39 is 0 Å². The van der Waals surface area contributed by atoms with Gasteiger partial charge in [-0.25, -0.2) is 0 Å². The number of carbonyl (C=O) groups excluding carboxylic acids is 1. The van der Waals surface area contributed by atoms with Gasteiger partial charge in [0.1, 0.15) is 23.2 Å². The number of nitrogens with zero attached hydrogens (tertiary/aromatic N) is 2. The van der Waals surface area contributed by atoms with Gasteiger partial charge in [0.25, 0.3) is 5.91 Å². The molecule has 6 heteroatoms. The molecule has 6 nitrogen and oxygen atoms in total. The molecule has 26 heavy (non-hydrogen) atoms. The molecule has 1 amide bonds. The van der Waals surface area contributed by atoms with Gasteiger partial charge in [-0.2, -0.15) is 0 Å². The Morgan fingerprint density at radius 3 is 2.62 bits per heavy atom. The summed E-state index contributed by atoms with van der Waals surface area (Å²) in [6.45, 7) is 5.56. The van der Waals surface area contributed by atoms with E-state index in [1.165, 1.54) is 0 Å². The Morgan fingerprint density at radius 2 is 1.96 bits per heavy atom. The minimum atomic E-state index is -0.172. The molecule has 2 aliphatic rings. The number of piperidine rings is 1. The molecule has 2 saturated heterocycles. The minimum absolute atomic E-state index is 0.00572. The van der Waals surface area contributed by atoms with E-state index >= 15 is 0 Å². The molecule has 3 heterocycles. The number of benzene rings is 1. The third-order valence-corrected chi connectivity index (χ3v) is 5.43. The van der Waals surface area contributed by atoms with E-state index in [2.05, 4.69) is 5.16 Å². The van der Waals surface area contributed by atoms with Gasteiger partial charge in [0.05, 0.1) is 17.9 Å². The average Bonchev–Trinajstić information content (AvgIpc) is 3.19. The van der Waals surface area contributed by atoms with Crippen LogP contribution >= 0.6 is 0 Å². The molecule has 1 atom stereocenters. The number of amides is 1. The number of hydrogen-bond donors (Lipinski definition) is 0. The highest BCUT2D eigenvalue weighted by atomic mass is 16.6. The van der Waals surface area contributed by atoms with Crippen LogP contribution in [0.25, 0.3) is 0 Å². The zero-order valence-corrected chi connectivity index (χ0v) is 15.2. The highest BCUT2D eigenvalue weighted by Crippen LogP contribution is 2.37. The Morgan fingerprint density at radius 1 is 1.23 bits per heavy atom. The van der Waals surface area contributed by atoms with Crippen LogP contribution in [-0.4, -0.2) is 47.4 Å². The first-order chi connectivity index (χ1) is 12.6. The predicted molar refractivity (Wildman–Crippen MR) is 95.3 cm³/mol. The molecule has 0 bridgehead atoms. The van der Waals surface area contributed by atoms with Crippen LogP contribution in [-0.2, 0) is 4.74 Å². The Kier molecular flexibility index (Phi) is 4.44. The molecule has 0 aliphatic carbocycles. The van der Waals surface area contributed by atoms with Gasteiger partial charge in [0, 0.05) is 19.5 Å². The van der Waals surface area contributed by atoms with Gasteiger partial charge in [-0.1, -0.05) is 23.4 Å². The molecule has 2 aliphatic heterocycles.